The second-order valence-electron chi connectivity index (χ2n) is 5.07. The molecule has 0 unspecified atom stereocenters. The van der Waals surface area contributed by atoms with Crippen molar-refractivity contribution in [3.63, 3.8) is 0 Å². The molecule has 3 aromatic rings. The number of benzene rings is 1. The first-order valence-electron chi connectivity index (χ1n) is 7.56. The van der Waals surface area contributed by atoms with Crippen molar-refractivity contribution in [2.75, 3.05) is 11.1 Å². The lowest BCUT2D eigenvalue weighted by molar-refractivity contribution is 0.102. The summed E-state index contributed by atoms with van der Waals surface area (Å²) < 4.78 is 1.73. The molecule has 0 bridgehead atoms. The molecule has 6 nitrogen and oxygen atoms in total. The van der Waals surface area contributed by atoms with E-state index in [4.69, 9.17) is 0 Å². The molecule has 0 saturated carbocycles. The zero-order valence-electron chi connectivity index (χ0n) is 13.2. The molecule has 0 saturated heterocycles. The van der Waals surface area contributed by atoms with Gasteiger partial charge >= 0.3 is 0 Å². The molecule has 0 spiro atoms. The Morgan fingerprint density at radius 1 is 1.29 bits per heavy atom. The summed E-state index contributed by atoms with van der Waals surface area (Å²) in [5, 5.41) is 7.90. The highest BCUT2D eigenvalue weighted by atomic mass is 32.2. The molecule has 3 rings (SSSR count). The summed E-state index contributed by atoms with van der Waals surface area (Å²) in [6, 6.07) is 11.3. The molecule has 2 heterocycles. The number of thioether (sulfide) groups is 1. The molecular formula is C17H17N5OS. The largest absolute Gasteiger partial charge is 0.322 e. The van der Waals surface area contributed by atoms with Gasteiger partial charge in [-0.25, -0.2) is 14.6 Å². The van der Waals surface area contributed by atoms with Gasteiger partial charge in [0.1, 0.15) is 12.7 Å². The molecule has 7 heteroatoms. The molecule has 2 aromatic heterocycles. The topological polar surface area (TPSA) is 72.7 Å². The van der Waals surface area contributed by atoms with Gasteiger partial charge in [0.15, 0.2) is 0 Å². The average Bonchev–Trinajstić information content (AvgIpc) is 3.09. The molecule has 1 amide bonds. The van der Waals surface area contributed by atoms with Crippen molar-refractivity contribution < 1.29 is 4.79 Å². The number of hydrogen-bond donors (Lipinski definition) is 1. The van der Waals surface area contributed by atoms with Crippen LogP contribution in [0.25, 0.3) is 0 Å². The maximum atomic E-state index is 12.3. The number of rotatable bonds is 6. The average molecular weight is 339 g/mol. The van der Waals surface area contributed by atoms with Crippen molar-refractivity contribution >= 4 is 23.4 Å². The van der Waals surface area contributed by atoms with Crippen LogP contribution < -0.4 is 5.32 Å². The summed E-state index contributed by atoms with van der Waals surface area (Å²) in [4.78, 5) is 20.5. The maximum absolute atomic E-state index is 12.3. The van der Waals surface area contributed by atoms with E-state index >= 15 is 0 Å². The van der Waals surface area contributed by atoms with E-state index in [0.29, 0.717) is 12.1 Å². The Morgan fingerprint density at radius 2 is 2.21 bits per heavy atom. The summed E-state index contributed by atoms with van der Waals surface area (Å²) >= 11 is 1.65. The minimum atomic E-state index is -0.173. The van der Waals surface area contributed by atoms with Gasteiger partial charge in [0, 0.05) is 11.9 Å². The fraction of sp³-hybridized carbons (Fsp3) is 0.176. The summed E-state index contributed by atoms with van der Waals surface area (Å²) in [6.45, 7) is 2.67. The van der Waals surface area contributed by atoms with Crippen LogP contribution in [0.1, 0.15) is 22.8 Å². The molecule has 0 aliphatic heterocycles. The van der Waals surface area contributed by atoms with E-state index in [1.807, 2.05) is 30.3 Å². The maximum Gasteiger partial charge on any atom is 0.257 e. The number of hydrogen-bond acceptors (Lipinski definition) is 5. The number of aromatic nitrogens is 4. The molecule has 0 aliphatic rings. The SMILES string of the molecule is CCSc1ccc(C(=O)Nc2cccc(Cn3cncn3)c2)cn1. The highest BCUT2D eigenvalue weighted by Gasteiger charge is 2.07. The van der Waals surface area contributed by atoms with E-state index in [0.717, 1.165) is 22.0 Å². The molecule has 122 valence electrons. The first kappa shape index (κ1) is 16.2. The van der Waals surface area contributed by atoms with E-state index in [-0.39, 0.29) is 5.91 Å². The Hall–Kier alpha value is -2.67. The van der Waals surface area contributed by atoms with Crippen LogP contribution >= 0.6 is 11.8 Å². The van der Waals surface area contributed by atoms with Crippen molar-refractivity contribution in [1.82, 2.24) is 19.7 Å². The van der Waals surface area contributed by atoms with Crippen molar-refractivity contribution in [3.05, 3.63) is 66.4 Å². The zero-order valence-corrected chi connectivity index (χ0v) is 14.0. The first-order chi connectivity index (χ1) is 11.7. The number of amides is 1. The van der Waals surface area contributed by atoms with Crippen LogP contribution in [0.2, 0.25) is 0 Å². The Kier molecular flexibility index (Phi) is 5.22. The van der Waals surface area contributed by atoms with E-state index in [9.17, 15) is 4.79 Å². The Labute approximate surface area is 144 Å². The molecule has 0 fully saturated rings. The van der Waals surface area contributed by atoms with Gasteiger partial charge in [0.05, 0.1) is 17.1 Å². The predicted molar refractivity (Wildman–Crippen MR) is 94.2 cm³/mol. The summed E-state index contributed by atoms with van der Waals surface area (Å²) in [5.41, 5.74) is 2.31. The van der Waals surface area contributed by atoms with Crippen LogP contribution in [0.4, 0.5) is 5.69 Å². The minimum Gasteiger partial charge on any atom is -0.322 e. The van der Waals surface area contributed by atoms with Crippen LogP contribution in [0, 0.1) is 0 Å². The molecular weight excluding hydrogens is 322 g/mol. The smallest absolute Gasteiger partial charge is 0.257 e. The number of carbonyl (C=O) groups is 1. The van der Waals surface area contributed by atoms with Gasteiger partial charge in [-0.15, -0.1) is 11.8 Å². The van der Waals surface area contributed by atoms with Gasteiger partial charge in [-0.2, -0.15) is 5.10 Å². The normalized spacial score (nSPS) is 10.5. The van der Waals surface area contributed by atoms with Gasteiger partial charge in [-0.1, -0.05) is 19.1 Å². The third-order valence-corrected chi connectivity index (χ3v) is 4.11. The van der Waals surface area contributed by atoms with Gasteiger partial charge in [-0.3, -0.25) is 4.79 Å². The van der Waals surface area contributed by atoms with Crippen LogP contribution in [0.5, 0.6) is 0 Å². The standard InChI is InChI=1S/C17H17N5OS/c1-2-24-16-7-6-14(9-19-16)17(23)21-15-5-3-4-13(8-15)10-22-12-18-11-20-22/h3-9,11-12H,2,10H2,1H3,(H,21,23). The van der Waals surface area contributed by atoms with E-state index in [1.165, 1.54) is 6.33 Å². The van der Waals surface area contributed by atoms with E-state index in [1.54, 1.807) is 35.0 Å². The molecule has 1 N–H and O–H groups in total. The number of nitrogens with one attached hydrogen (secondary N) is 1. The third kappa shape index (κ3) is 4.20. The highest BCUT2D eigenvalue weighted by molar-refractivity contribution is 7.99. The quantitative estimate of drug-likeness (QED) is 0.699. The van der Waals surface area contributed by atoms with E-state index in [2.05, 4.69) is 27.3 Å². The Morgan fingerprint density at radius 3 is 2.92 bits per heavy atom. The molecule has 0 atom stereocenters. The lowest BCUT2D eigenvalue weighted by atomic mass is 10.2. The first-order valence-corrected chi connectivity index (χ1v) is 8.54. The van der Waals surface area contributed by atoms with Gasteiger partial charge in [0.2, 0.25) is 0 Å². The van der Waals surface area contributed by atoms with Gasteiger partial charge in [0.25, 0.3) is 5.91 Å². The summed E-state index contributed by atoms with van der Waals surface area (Å²) in [7, 11) is 0. The fourth-order valence-electron chi connectivity index (χ4n) is 2.20. The monoisotopic (exact) mass is 339 g/mol. The van der Waals surface area contributed by atoms with Crippen LogP contribution in [0.3, 0.4) is 0 Å². The Balaban J connectivity index is 1.67. The van der Waals surface area contributed by atoms with Crippen molar-refractivity contribution in [1.29, 1.82) is 0 Å². The summed E-state index contributed by atoms with van der Waals surface area (Å²) in [5.74, 6) is 0.783. The molecule has 0 radical (unpaired) electrons. The minimum absolute atomic E-state index is 0.173. The number of nitrogens with zero attached hydrogens (tertiary/aromatic N) is 4. The number of pyridine rings is 1. The molecule has 1 aromatic carbocycles. The van der Waals surface area contributed by atoms with E-state index < -0.39 is 0 Å². The predicted octanol–water partition coefficient (Wildman–Crippen LogP) is 3.09. The molecule has 24 heavy (non-hydrogen) atoms. The number of carbonyl (C=O) groups excluding carboxylic acids is 1. The highest BCUT2D eigenvalue weighted by Crippen LogP contribution is 2.16. The van der Waals surface area contributed by atoms with Gasteiger partial charge in [-0.05, 0) is 35.6 Å². The lowest BCUT2D eigenvalue weighted by Crippen LogP contribution is -2.12. The van der Waals surface area contributed by atoms with Crippen molar-refractivity contribution in [2.24, 2.45) is 0 Å². The summed E-state index contributed by atoms with van der Waals surface area (Å²) in [6.07, 6.45) is 4.76. The lowest BCUT2D eigenvalue weighted by Gasteiger charge is -2.08. The number of anilines is 1. The van der Waals surface area contributed by atoms with Crippen LogP contribution in [-0.2, 0) is 6.54 Å². The fourth-order valence-corrected chi connectivity index (χ4v) is 2.79. The van der Waals surface area contributed by atoms with Crippen molar-refractivity contribution in [2.45, 2.75) is 18.5 Å². The van der Waals surface area contributed by atoms with Gasteiger partial charge < -0.3 is 5.32 Å². The Bertz CT molecular complexity index is 802. The van der Waals surface area contributed by atoms with Crippen LogP contribution in [0.15, 0.2) is 60.3 Å². The van der Waals surface area contributed by atoms with Crippen LogP contribution in [-0.4, -0.2) is 31.4 Å². The third-order valence-electron chi connectivity index (χ3n) is 3.29. The van der Waals surface area contributed by atoms with Crippen molar-refractivity contribution in [3.8, 4) is 0 Å². The molecule has 0 aliphatic carbocycles. The second-order valence-corrected chi connectivity index (χ2v) is 6.35. The zero-order chi connectivity index (χ0) is 16.8. The second kappa shape index (κ2) is 7.74.